The molecular formula is C22H25N7O3. The summed E-state index contributed by atoms with van der Waals surface area (Å²) < 4.78 is 13.3. The number of imidazole rings is 1. The van der Waals surface area contributed by atoms with Crippen molar-refractivity contribution in [3.05, 3.63) is 36.8 Å². The van der Waals surface area contributed by atoms with E-state index in [0.29, 0.717) is 36.0 Å². The molecule has 1 aliphatic rings. The second-order valence-corrected chi connectivity index (χ2v) is 8.86. The number of likely N-dealkylation sites (tertiary alicyclic amines) is 1. The molecule has 1 fully saturated rings. The molecule has 1 aromatic carbocycles. The van der Waals surface area contributed by atoms with Gasteiger partial charge in [-0.3, -0.25) is 0 Å². The van der Waals surface area contributed by atoms with Crippen molar-refractivity contribution in [3.8, 4) is 11.9 Å². The molecule has 1 amide bonds. The third-order valence-corrected chi connectivity index (χ3v) is 5.38. The standard InChI is InChI=1S/C22H25N7O3/c1-22(2,3)32-21(30)28-10-8-14(9-11-28)29-18-15(12-25-29)19(24-13-23-18)31-20-26-16-6-4-5-7-17(16)27-20/h4-7,12-14H,8-11H2,1-3H3,(H,26,27). The Morgan fingerprint density at radius 3 is 2.69 bits per heavy atom. The van der Waals surface area contributed by atoms with E-state index in [4.69, 9.17) is 9.47 Å². The lowest BCUT2D eigenvalue weighted by molar-refractivity contribution is 0.0186. The van der Waals surface area contributed by atoms with Crippen molar-refractivity contribution in [3.63, 3.8) is 0 Å². The second kappa shape index (κ2) is 7.77. The van der Waals surface area contributed by atoms with Crippen molar-refractivity contribution in [1.82, 2.24) is 34.6 Å². The fourth-order valence-corrected chi connectivity index (χ4v) is 3.88. The number of piperidine rings is 1. The van der Waals surface area contributed by atoms with E-state index in [1.807, 2.05) is 49.7 Å². The number of nitrogens with one attached hydrogen (secondary N) is 1. The van der Waals surface area contributed by atoms with Crippen molar-refractivity contribution in [2.24, 2.45) is 0 Å². The Hall–Kier alpha value is -3.69. The van der Waals surface area contributed by atoms with Crippen LogP contribution in [0.25, 0.3) is 22.1 Å². The maximum Gasteiger partial charge on any atom is 0.410 e. The predicted molar refractivity (Wildman–Crippen MR) is 118 cm³/mol. The summed E-state index contributed by atoms with van der Waals surface area (Å²) in [7, 11) is 0. The number of hydrogen-bond acceptors (Lipinski definition) is 7. The lowest BCUT2D eigenvalue weighted by Crippen LogP contribution is -2.42. The molecule has 0 saturated carbocycles. The largest absolute Gasteiger partial charge is 0.444 e. The molecule has 1 N–H and O–H groups in total. The lowest BCUT2D eigenvalue weighted by Gasteiger charge is -2.33. The Kier molecular flexibility index (Phi) is 4.91. The topological polar surface area (TPSA) is 111 Å². The lowest BCUT2D eigenvalue weighted by atomic mass is 10.1. The van der Waals surface area contributed by atoms with Crippen molar-refractivity contribution < 1.29 is 14.3 Å². The maximum absolute atomic E-state index is 12.3. The molecule has 0 atom stereocenters. The Bertz CT molecular complexity index is 1230. The number of benzene rings is 1. The van der Waals surface area contributed by atoms with Crippen LogP contribution in [0.3, 0.4) is 0 Å². The van der Waals surface area contributed by atoms with Gasteiger partial charge in [-0.05, 0) is 45.7 Å². The van der Waals surface area contributed by atoms with Crippen LogP contribution in [0.5, 0.6) is 11.9 Å². The van der Waals surface area contributed by atoms with Gasteiger partial charge >= 0.3 is 12.1 Å². The first-order valence-electron chi connectivity index (χ1n) is 10.7. The van der Waals surface area contributed by atoms with Crippen LogP contribution in [0.4, 0.5) is 4.79 Å². The maximum atomic E-state index is 12.3. The molecule has 0 bridgehead atoms. The van der Waals surface area contributed by atoms with Gasteiger partial charge < -0.3 is 19.4 Å². The number of rotatable bonds is 3. The highest BCUT2D eigenvalue weighted by atomic mass is 16.6. The van der Waals surface area contributed by atoms with Crippen molar-refractivity contribution in [2.75, 3.05) is 13.1 Å². The van der Waals surface area contributed by atoms with Gasteiger partial charge in [0.15, 0.2) is 5.65 Å². The minimum atomic E-state index is -0.501. The van der Waals surface area contributed by atoms with Gasteiger partial charge in [0.25, 0.3) is 0 Å². The average Bonchev–Trinajstić information content (AvgIpc) is 3.37. The molecule has 3 aromatic heterocycles. The molecule has 0 radical (unpaired) electrons. The van der Waals surface area contributed by atoms with Crippen LogP contribution in [-0.4, -0.2) is 59.4 Å². The van der Waals surface area contributed by atoms with E-state index >= 15 is 0 Å². The van der Waals surface area contributed by atoms with Gasteiger partial charge in [0, 0.05) is 13.1 Å². The van der Waals surface area contributed by atoms with Gasteiger partial charge in [0.2, 0.25) is 5.88 Å². The number of aromatic nitrogens is 6. The number of carbonyl (C=O) groups is 1. The highest BCUT2D eigenvalue weighted by Crippen LogP contribution is 2.30. The SMILES string of the molecule is CC(C)(C)OC(=O)N1CCC(n2ncc3c(Oc4nc5ccccc5[nH]4)ncnc32)CC1. The van der Waals surface area contributed by atoms with E-state index in [1.165, 1.54) is 6.33 Å². The van der Waals surface area contributed by atoms with Gasteiger partial charge in [0.05, 0.1) is 23.3 Å². The minimum absolute atomic E-state index is 0.125. The summed E-state index contributed by atoms with van der Waals surface area (Å²) in [6.07, 6.45) is 4.44. The number of hydrogen-bond donors (Lipinski definition) is 1. The second-order valence-electron chi connectivity index (χ2n) is 8.86. The summed E-state index contributed by atoms with van der Waals surface area (Å²) in [6, 6.07) is 8.20. The van der Waals surface area contributed by atoms with Crippen LogP contribution in [0.2, 0.25) is 0 Å². The number of amides is 1. The third kappa shape index (κ3) is 3.95. The molecule has 1 saturated heterocycles. The van der Waals surface area contributed by atoms with E-state index < -0.39 is 5.60 Å². The summed E-state index contributed by atoms with van der Waals surface area (Å²) in [5.41, 5.74) is 1.90. The first-order chi connectivity index (χ1) is 15.4. The summed E-state index contributed by atoms with van der Waals surface area (Å²) >= 11 is 0. The van der Waals surface area contributed by atoms with E-state index in [0.717, 1.165) is 23.9 Å². The number of H-pyrrole nitrogens is 1. The van der Waals surface area contributed by atoms with E-state index in [-0.39, 0.29) is 12.1 Å². The minimum Gasteiger partial charge on any atom is -0.444 e. The molecule has 4 aromatic rings. The van der Waals surface area contributed by atoms with Crippen LogP contribution >= 0.6 is 0 Å². The van der Waals surface area contributed by atoms with Gasteiger partial charge in [-0.25, -0.2) is 19.4 Å². The monoisotopic (exact) mass is 435 g/mol. The zero-order valence-corrected chi connectivity index (χ0v) is 18.3. The number of ether oxygens (including phenoxy) is 2. The first-order valence-corrected chi connectivity index (χ1v) is 10.7. The fourth-order valence-electron chi connectivity index (χ4n) is 3.88. The summed E-state index contributed by atoms with van der Waals surface area (Å²) in [6.45, 7) is 6.83. The third-order valence-electron chi connectivity index (χ3n) is 5.38. The van der Waals surface area contributed by atoms with Gasteiger partial charge in [0.1, 0.15) is 17.3 Å². The highest BCUT2D eigenvalue weighted by Gasteiger charge is 2.29. The zero-order chi connectivity index (χ0) is 22.3. The number of aromatic amines is 1. The normalized spacial score (nSPS) is 15.4. The Morgan fingerprint density at radius 2 is 1.94 bits per heavy atom. The van der Waals surface area contributed by atoms with E-state index in [1.54, 1.807) is 11.1 Å². The molecule has 0 unspecified atom stereocenters. The average molecular weight is 435 g/mol. The van der Waals surface area contributed by atoms with E-state index in [2.05, 4.69) is 25.0 Å². The van der Waals surface area contributed by atoms with Crippen LogP contribution in [0.15, 0.2) is 36.8 Å². The number of nitrogens with zero attached hydrogens (tertiary/aromatic N) is 6. The molecule has 0 spiro atoms. The Morgan fingerprint density at radius 1 is 1.16 bits per heavy atom. The van der Waals surface area contributed by atoms with Crippen molar-refractivity contribution in [1.29, 1.82) is 0 Å². The molecule has 10 heteroatoms. The summed E-state index contributed by atoms with van der Waals surface area (Å²) in [4.78, 5) is 30.4. The molecule has 4 heterocycles. The molecule has 0 aliphatic carbocycles. The predicted octanol–water partition coefficient (Wildman–Crippen LogP) is 4.07. The van der Waals surface area contributed by atoms with Crippen LogP contribution in [-0.2, 0) is 4.74 Å². The highest BCUT2D eigenvalue weighted by molar-refractivity contribution is 5.80. The number of fused-ring (bicyclic) bond motifs is 2. The van der Waals surface area contributed by atoms with Crippen molar-refractivity contribution >= 4 is 28.2 Å². The zero-order valence-electron chi connectivity index (χ0n) is 18.3. The van der Waals surface area contributed by atoms with Crippen molar-refractivity contribution in [2.45, 2.75) is 45.3 Å². The number of carbonyl (C=O) groups excluding carboxylic acids is 1. The van der Waals surface area contributed by atoms with Gasteiger partial charge in [-0.15, -0.1) is 0 Å². The molecule has 166 valence electrons. The Balaban J connectivity index is 1.33. The van der Waals surface area contributed by atoms with Gasteiger partial charge in [-0.1, -0.05) is 12.1 Å². The molecular weight excluding hydrogens is 410 g/mol. The molecule has 1 aliphatic heterocycles. The first kappa shape index (κ1) is 20.2. The van der Waals surface area contributed by atoms with E-state index in [9.17, 15) is 4.79 Å². The summed E-state index contributed by atoms with van der Waals surface area (Å²) in [5.74, 6) is 0.395. The van der Waals surface area contributed by atoms with Crippen LogP contribution < -0.4 is 4.74 Å². The molecule has 32 heavy (non-hydrogen) atoms. The fraction of sp³-hybridized carbons (Fsp3) is 0.409. The van der Waals surface area contributed by atoms with Crippen LogP contribution in [0.1, 0.15) is 39.7 Å². The smallest absolute Gasteiger partial charge is 0.410 e. The quantitative estimate of drug-likeness (QED) is 0.516. The Labute approximate surface area is 184 Å². The molecule has 5 rings (SSSR count). The summed E-state index contributed by atoms with van der Waals surface area (Å²) in [5, 5.41) is 5.27. The van der Waals surface area contributed by atoms with Gasteiger partial charge in [-0.2, -0.15) is 10.1 Å². The molecule has 10 nitrogen and oxygen atoms in total. The van der Waals surface area contributed by atoms with Crippen LogP contribution in [0, 0.1) is 0 Å². The number of para-hydroxylation sites is 2.